The Kier molecular flexibility index (Phi) is 5.86. The van der Waals surface area contributed by atoms with Gasteiger partial charge in [0.15, 0.2) is 0 Å². The molecule has 1 aromatic rings. The molecule has 0 aliphatic heterocycles. The molecule has 1 aromatic carbocycles. The van der Waals surface area contributed by atoms with Crippen molar-refractivity contribution in [2.24, 2.45) is 0 Å². The summed E-state index contributed by atoms with van der Waals surface area (Å²) in [5.41, 5.74) is 1.07. The van der Waals surface area contributed by atoms with E-state index in [4.69, 9.17) is 5.11 Å². The SMILES string of the molecule is C=C[C@H](NCc1ccccc1)[C@H](O)[C@H](O)CO. The number of nitrogens with one attached hydrogen (secondary N) is 1. The van der Waals surface area contributed by atoms with E-state index in [9.17, 15) is 10.2 Å². The lowest BCUT2D eigenvalue weighted by Gasteiger charge is -2.24. The highest BCUT2D eigenvalue weighted by molar-refractivity contribution is 5.14. The maximum absolute atomic E-state index is 9.71. The summed E-state index contributed by atoms with van der Waals surface area (Å²) in [7, 11) is 0. The van der Waals surface area contributed by atoms with Crippen LogP contribution in [0.15, 0.2) is 43.0 Å². The van der Waals surface area contributed by atoms with E-state index in [0.717, 1.165) is 5.56 Å². The van der Waals surface area contributed by atoms with Crippen molar-refractivity contribution in [2.45, 2.75) is 24.8 Å². The zero-order valence-electron chi connectivity index (χ0n) is 9.66. The van der Waals surface area contributed by atoms with Crippen molar-refractivity contribution < 1.29 is 15.3 Å². The molecule has 0 aliphatic carbocycles. The molecule has 4 heteroatoms. The summed E-state index contributed by atoms with van der Waals surface area (Å²) in [4.78, 5) is 0. The van der Waals surface area contributed by atoms with Gasteiger partial charge in [-0.1, -0.05) is 36.4 Å². The summed E-state index contributed by atoms with van der Waals surface area (Å²) in [6.45, 7) is 3.68. The Morgan fingerprint density at radius 2 is 1.88 bits per heavy atom. The van der Waals surface area contributed by atoms with Gasteiger partial charge in [-0.15, -0.1) is 6.58 Å². The van der Waals surface area contributed by atoms with E-state index in [1.54, 1.807) is 0 Å². The van der Waals surface area contributed by atoms with Gasteiger partial charge < -0.3 is 20.6 Å². The minimum absolute atomic E-state index is 0.461. The Balaban J connectivity index is 2.50. The summed E-state index contributed by atoms with van der Waals surface area (Å²) < 4.78 is 0. The topological polar surface area (TPSA) is 72.7 Å². The molecule has 0 aromatic heterocycles. The number of aliphatic hydroxyl groups excluding tert-OH is 3. The van der Waals surface area contributed by atoms with Crippen LogP contribution in [-0.4, -0.2) is 40.2 Å². The number of rotatable bonds is 7. The highest BCUT2D eigenvalue weighted by Gasteiger charge is 2.22. The van der Waals surface area contributed by atoms with Crippen LogP contribution in [0.5, 0.6) is 0 Å². The molecule has 0 fully saturated rings. The van der Waals surface area contributed by atoms with E-state index >= 15 is 0 Å². The largest absolute Gasteiger partial charge is 0.394 e. The molecule has 0 amide bonds. The van der Waals surface area contributed by atoms with Crippen LogP contribution in [0, 0.1) is 0 Å². The normalized spacial score (nSPS) is 16.2. The highest BCUT2D eigenvalue weighted by Crippen LogP contribution is 2.04. The van der Waals surface area contributed by atoms with Crippen LogP contribution in [0.1, 0.15) is 5.56 Å². The second kappa shape index (κ2) is 7.19. The van der Waals surface area contributed by atoms with E-state index in [1.807, 2.05) is 30.3 Å². The van der Waals surface area contributed by atoms with Gasteiger partial charge in [-0.3, -0.25) is 0 Å². The maximum atomic E-state index is 9.71. The third-order valence-corrected chi connectivity index (χ3v) is 2.59. The van der Waals surface area contributed by atoms with Crippen molar-refractivity contribution >= 4 is 0 Å². The maximum Gasteiger partial charge on any atom is 0.105 e. The smallest absolute Gasteiger partial charge is 0.105 e. The van der Waals surface area contributed by atoms with Crippen molar-refractivity contribution in [2.75, 3.05) is 6.61 Å². The molecule has 0 bridgehead atoms. The summed E-state index contributed by atoms with van der Waals surface area (Å²) in [5.74, 6) is 0. The van der Waals surface area contributed by atoms with Crippen molar-refractivity contribution in [3.05, 3.63) is 48.6 Å². The third kappa shape index (κ3) is 4.28. The standard InChI is InChI=1S/C13H19NO3/c1-2-11(13(17)12(16)9-15)14-8-10-6-4-3-5-7-10/h2-7,11-17H,1,8-9H2/t11-,12+,13-/m0/s1. The lowest BCUT2D eigenvalue weighted by atomic mass is 10.1. The van der Waals surface area contributed by atoms with E-state index in [1.165, 1.54) is 6.08 Å². The summed E-state index contributed by atoms with van der Waals surface area (Å²) >= 11 is 0. The van der Waals surface area contributed by atoms with Gasteiger partial charge >= 0.3 is 0 Å². The molecule has 17 heavy (non-hydrogen) atoms. The summed E-state index contributed by atoms with van der Waals surface area (Å²) in [5, 5.41) is 30.9. The number of benzene rings is 1. The molecule has 0 saturated carbocycles. The average Bonchev–Trinajstić information content (AvgIpc) is 2.39. The van der Waals surface area contributed by atoms with E-state index in [0.29, 0.717) is 6.54 Å². The van der Waals surface area contributed by atoms with E-state index in [2.05, 4.69) is 11.9 Å². The van der Waals surface area contributed by atoms with Crippen LogP contribution in [0.3, 0.4) is 0 Å². The van der Waals surface area contributed by atoms with Crippen molar-refractivity contribution in [3.8, 4) is 0 Å². The predicted molar refractivity (Wildman–Crippen MR) is 66.4 cm³/mol. The van der Waals surface area contributed by atoms with Crippen molar-refractivity contribution in [1.82, 2.24) is 5.32 Å². The molecule has 0 unspecified atom stereocenters. The first-order chi connectivity index (χ1) is 8.19. The van der Waals surface area contributed by atoms with Crippen LogP contribution in [0.4, 0.5) is 0 Å². The minimum Gasteiger partial charge on any atom is -0.394 e. The molecule has 3 atom stereocenters. The second-order valence-electron chi connectivity index (χ2n) is 3.87. The average molecular weight is 237 g/mol. The number of aliphatic hydroxyl groups is 3. The zero-order chi connectivity index (χ0) is 12.7. The van der Waals surface area contributed by atoms with Crippen LogP contribution >= 0.6 is 0 Å². The Morgan fingerprint density at radius 1 is 1.24 bits per heavy atom. The molecule has 0 spiro atoms. The monoisotopic (exact) mass is 237 g/mol. The van der Waals surface area contributed by atoms with E-state index < -0.39 is 24.9 Å². The first kappa shape index (κ1) is 13.9. The third-order valence-electron chi connectivity index (χ3n) is 2.59. The van der Waals surface area contributed by atoms with Gasteiger partial charge in [-0.2, -0.15) is 0 Å². The molecule has 4 N–H and O–H groups in total. The van der Waals surface area contributed by atoms with E-state index in [-0.39, 0.29) is 0 Å². The lowest BCUT2D eigenvalue weighted by Crippen LogP contribution is -2.46. The van der Waals surface area contributed by atoms with Crippen LogP contribution in [-0.2, 0) is 6.54 Å². The Bertz CT molecular complexity index is 329. The molecule has 0 saturated heterocycles. The van der Waals surface area contributed by atoms with Gasteiger partial charge in [0, 0.05) is 6.54 Å². The van der Waals surface area contributed by atoms with Gasteiger partial charge in [0.25, 0.3) is 0 Å². The fourth-order valence-corrected chi connectivity index (χ4v) is 1.52. The van der Waals surface area contributed by atoms with Crippen LogP contribution < -0.4 is 5.32 Å². The fourth-order valence-electron chi connectivity index (χ4n) is 1.52. The Hall–Kier alpha value is -1.20. The van der Waals surface area contributed by atoms with Crippen LogP contribution in [0.25, 0.3) is 0 Å². The molecule has 1 rings (SSSR count). The highest BCUT2D eigenvalue weighted by atomic mass is 16.4. The van der Waals surface area contributed by atoms with Crippen LogP contribution in [0.2, 0.25) is 0 Å². The molecule has 4 nitrogen and oxygen atoms in total. The van der Waals surface area contributed by atoms with Crippen molar-refractivity contribution in [1.29, 1.82) is 0 Å². The molecule has 94 valence electrons. The van der Waals surface area contributed by atoms with Gasteiger partial charge in [-0.05, 0) is 5.56 Å². The first-order valence-corrected chi connectivity index (χ1v) is 5.56. The first-order valence-electron chi connectivity index (χ1n) is 5.56. The number of hydrogen-bond acceptors (Lipinski definition) is 4. The quantitative estimate of drug-likeness (QED) is 0.505. The lowest BCUT2D eigenvalue weighted by molar-refractivity contribution is -0.0245. The van der Waals surface area contributed by atoms with Gasteiger partial charge in [0.1, 0.15) is 12.2 Å². The minimum atomic E-state index is -1.17. The Labute approximate surface area is 101 Å². The summed E-state index contributed by atoms with van der Waals surface area (Å²) in [6.07, 6.45) is -0.713. The van der Waals surface area contributed by atoms with Gasteiger partial charge in [0.05, 0.1) is 12.6 Å². The second-order valence-corrected chi connectivity index (χ2v) is 3.87. The predicted octanol–water partition coefficient (Wildman–Crippen LogP) is 0.0449. The molecule has 0 heterocycles. The molecule has 0 radical (unpaired) electrons. The fraction of sp³-hybridized carbons (Fsp3) is 0.385. The van der Waals surface area contributed by atoms with Gasteiger partial charge in [-0.25, -0.2) is 0 Å². The Morgan fingerprint density at radius 3 is 2.41 bits per heavy atom. The zero-order valence-corrected chi connectivity index (χ0v) is 9.66. The van der Waals surface area contributed by atoms with Gasteiger partial charge in [0.2, 0.25) is 0 Å². The van der Waals surface area contributed by atoms with Crippen molar-refractivity contribution in [3.63, 3.8) is 0 Å². The molecular weight excluding hydrogens is 218 g/mol. The molecular formula is C13H19NO3. The summed E-state index contributed by atoms with van der Waals surface area (Å²) in [6, 6.07) is 9.25. The molecule has 0 aliphatic rings. The number of hydrogen-bond donors (Lipinski definition) is 4.